The maximum Gasteiger partial charge on any atom is 0.304 e. The first-order valence-electron chi connectivity index (χ1n) is 14.7. The molecule has 0 saturated heterocycles. The summed E-state index contributed by atoms with van der Waals surface area (Å²) >= 11 is 0. The van der Waals surface area contributed by atoms with E-state index in [9.17, 15) is 14.7 Å². The highest BCUT2D eigenvalue weighted by Crippen LogP contribution is 2.24. The summed E-state index contributed by atoms with van der Waals surface area (Å²) < 4.78 is 0. The SMILES string of the molecule is C/C=C(\C=C/C(C)C(O)NCCC(=O)O)C(CCC)CC(=O)NC1=C(CC)C=CCC=C1.CC.c1ccccc1. The topological polar surface area (TPSA) is 98.7 Å². The largest absolute Gasteiger partial charge is 0.481 e. The van der Waals surface area contributed by atoms with Crippen molar-refractivity contribution >= 4 is 11.9 Å². The summed E-state index contributed by atoms with van der Waals surface area (Å²) in [6.45, 7) is 12.2. The molecule has 0 fully saturated rings. The number of rotatable bonds is 14. The van der Waals surface area contributed by atoms with Crippen LogP contribution < -0.4 is 10.6 Å². The average molecular weight is 553 g/mol. The lowest BCUT2D eigenvalue weighted by Gasteiger charge is -2.20. The quantitative estimate of drug-likeness (QED) is 0.143. The lowest BCUT2D eigenvalue weighted by molar-refractivity contribution is -0.137. The van der Waals surface area contributed by atoms with Crippen LogP contribution in [-0.4, -0.2) is 34.9 Å². The zero-order chi connectivity index (χ0) is 30.2. The molecule has 3 unspecified atom stereocenters. The first-order valence-corrected chi connectivity index (χ1v) is 14.7. The van der Waals surface area contributed by atoms with Crippen LogP contribution in [0.2, 0.25) is 0 Å². The molecule has 1 amide bonds. The first-order chi connectivity index (χ1) is 19.3. The molecule has 1 aromatic rings. The molecule has 2 rings (SSSR count). The maximum absolute atomic E-state index is 12.9. The van der Waals surface area contributed by atoms with Gasteiger partial charge in [0.05, 0.1) is 6.42 Å². The van der Waals surface area contributed by atoms with Gasteiger partial charge in [0.15, 0.2) is 0 Å². The van der Waals surface area contributed by atoms with E-state index in [1.54, 1.807) is 0 Å². The van der Waals surface area contributed by atoms with Crippen molar-refractivity contribution in [1.29, 1.82) is 0 Å². The summed E-state index contributed by atoms with van der Waals surface area (Å²) in [7, 11) is 0. The van der Waals surface area contributed by atoms with E-state index in [2.05, 4.69) is 42.7 Å². The van der Waals surface area contributed by atoms with Crippen LogP contribution in [0.25, 0.3) is 0 Å². The number of nitrogens with one attached hydrogen (secondary N) is 2. The van der Waals surface area contributed by atoms with Crippen molar-refractivity contribution in [1.82, 2.24) is 10.6 Å². The van der Waals surface area contributed by atoms with Crippen molar-refractivity contribution in [2.45, 2.75) is 86.3 Å². The van der Waals surface area contributed by atoms with E-state index in [1.165, 1.54) is 0 Å². The second kappa shape index (κ2) is 23.6. The third-order valence-electron chi connectivity index (χ3n) is 6.20. The zero-order valence-electron chi connectivity index (χ0n) is 25.4. The van der Waals surface area contributed by atoms with Gasteiger partial charge in [0, 0.05) is 24.6 Å². The van der Waals surface area contributed by atoms with Crippen molar-refractivity contribution < 1.29 is 19.8 Å². The second-order valence-electron chi connectivity index (χ2n) is 9.28. The smallest absolute Gasteiger partial charge is 0.304 e. The van der Waals surface area contributed by atoms with Gasteiger partial charge in [-0.1, -0.05) is 114 Å². The minimum Gasteiger partial charge on any atom is -0.481 e. The van der Waals surface area contributed by atoms with Crippen molar-refractivity contribution in [2.24, 2.45) is 11.8 Å². The predicted molar refractivity (Wildman–Crippen MR) is 167 cm³/mol. The number of hydrogen-bond acceptors (Lipinski definition) is 4. The van der Waals surface area contributed by atoms with E-state index in [0.717, 1.165) is 42.5 Å². The van der Waals surface area contributed by atoms with Gasteiger partial charge in [-0.2, -0.15) is 0 Å². The molecule has 1 aliphatic rings. The Bertz CT molecular complexity index is 950. The molecule has 3 atom stereocenters. The number of aliphatic hydroxyl groups excluding tert-OH is 1. The summed E-state index contributed by atoms with van der Waals surface area (Å²) in [6.07, 6.45) is 17.2. The Morgan fingerprint density at radius 2 is 1.62 bits per heavy atom. The Hall–Kier alpha value is -3.22. The highest BCUT2D eigenvalue weighted by Gasteiger charge is 2.18. The number of hydrogen-bond donors (Lipinski definition) is 4. The monoisotopic (exact) mass is 552 g/mol. The molecule has 0 aliphatic heterocycles. The number of aliphatic carboxylic acids is 1. The number of amides is 1. The van der Waals surface area contributed by atoms with Crippen LogP contribution in [0.4, 0.5) is 0 Å². The van der Waals surface area contributed by atoms with Gasteiger partial charge >= 0.3 is 5.97 Å². The van der Waals surface area contributed by atoms with Crippen molar-refractivity contribution in [2.75, 3.05) is 6.54 Å². The van der Waals surface area contributed by atoms with Crippen molar-refractivity contribution in [3.8, 4) is 0 Å². The molecule has 0 saturated carbocycles. The fourth-order valence-corrected chi connectivity index (χ4v) is 4.00. The Kier molecular flexibility index (Phi) is 21.7. The number of carbonyl (C=O) groups excluding carboxylic acids is 1. The number of aliphatic hydroxyl groups is 1. The van der Waals surface area contributed by atoms with Gasteiger partial charge in [-0.25, -0.2) is 0 Å². The molecule has 1 aliphatic carbocycles. The Morgan fingerprint density at radius 3 is 2.15 bits per heavy atom. The van der Waals surface area contributed by atoms with E-state index in [1.807, 2.05) is 88.4 Å². The van der Waals surface area contributed by atoms with Crippen LogP contribution in [0.5, 0.6) is 0 Å². The summed E-state index contributed by atoms with van der Waals surface area (Å²) in [5.74, 6) is -1.01. The van der Waals surface area contributed by atoms with E-state index in [-0.39, 0.29) is 30.7 Å². The Morgan fingerprint density at radius 1 is 1.02 bits per heavy atom. The fourth-order valence-electron chi connectivity index (χ4n) is 4.00. The van der Waals surface area contributed by atoms with Gasteiger partial charge in [0.2, 0.25) is 5.91 Å². The van der Waals surface area contributed by atoms with E-state index in [0.29, 0.717) is 6.42 Å². The summed E-state index contributed by atoms with van der Waals surface area (Å²) in [4.78, 5) is 23.5. The number of allylic oxidation sites excluding steroid dienone is 8. The summed E-state index contributed by atoms with van der Waals surface area (Å²) in [5.41, 5.74) is 3.07. The maximum atomic E-state index is 12.9. The predicted octanol–water partition coefficient (Wildman–Crippen LogP) is 7.32. The van der Waals surface area contributed by atoms with Gasteiger partial charge in [0.1, 0.15) is 6.23 Å². The molecule has 40 heavy (non-hydrogen) atoms. The van der Waals surface area contributed by atoms with E-state index >= 15 is 0 Å². The Labute approximate surface area is 242 Å². The van der Waals surface area contributed by atoms with Gasteiger partial charge in [-0.3, -0.25) is 14.9 Å². The van der Waals surface area contributed by atoms with E-state index < -0.39 is 12.2 Å². The van der Waals surface area contributed by atoms with Crippen LogP contribution in [0.15, 0.2) is 95.8 Å². The summed E-state index contributed by atoms with van der Waals surface area (Å²) in [5, 5.41) is 24.8. The molecule has 4 N–H and O–H groups in total. The highest BCUT2D eigenvalue weighted by molar-refractivity contribution is 5.79. The van der Waals surface area contributed by atoms with Crippen LogP contribution >= 0.6 is 0 Å². The number of benzene rings is 1. The zero-order valence-corrected chi connectivity index (χ0v) is 25.4. The van der Waals surface area contributed by atoms with Gasteiger partial charge in [-0.05, 0) is 49.3 Å². The molecule has 0 aromatic heterocycles. The van der Waals surface area contributed by atoms with Crippen LogP contribution in [0.1, 0.15) is 80.1 Å². The van der Waals surface area contributed by atoms with Crippen LogP contribution in [0.3, 0.4) is 0 Å². The van der Waals surface area contributed by atoms with Gasteiger partial charge in [0.25, 0.3) is 0 Å². The molecule has 6 nitrogen and oxygen atoms in total. The summed E-state index contributed by atoms with van der Waals surface area (Å²) in [6, 6.07) is 12.0. The first kappa shape index (κ1) is 36.8. The number of carbonyl (C=O) groups is 2. The third-order valence-corrected chi connectivity index (χ3v) is 6.20. The van der Waals surface area contributed by atoms with E-state index in [4.69, 9.17) is 5.11 Å². The fraction of sp³-hybridized carbons (Fsp3) is 0.471. The molecule has 1 aromatic carbocycles. The van der Waals surface area contributed by atoms with Crippen LogP contribution in [0, 0.1) is 11.8 Å². The highest BCUT2D eigenvalue weighted by atomic mass is 16.4. The molecule has 0 bridgehead atoms. The molecule has 0 spiro atoms. The second-order valence-corrected chi connectivity index (χ2v) is 9.28. The molecule has 6 heteroatoms. The molecular weight excluding hydrogens is 500 g/mol. The number of carboxylic acid groups (broad SMARTS) is 1. The molecular formula is C34H52N2O4. The standard InChI is InChI=1S/C26H40N2O4.C6H6.C2H6/c1-5-11-22(18-24(29)28-23-13-10-8-9-12-21(23)7-3)20(6-2)15-14-19(4)26(32)27-17-16-25(30)31;1-2-4-6-5-3-1;1-2/h6,9-10,12-15,19,22,26-27,32H,5,7-8,11,16-18H2,1-4H3,(H,28,29)(H,30,31);1-6H;1-2H3/b15-14-,20-6+;;. The Balaban J connectivity index is 0.00000164. The normalized spacial score (nSPS) is 15.2. The van der Waals surface area contributed by atoms with Gasteiger partial charge < -0.3 is 15.5 Å². The minimum atomic E-state index is -0.901. The molecule has 0 radical (unpaired) electrons. The third kappa shape index (κ3) is 16.7. The van der Waals surface area contributed by atoms with Crippen molar-refractivity contribution in [3.05, 3.63) is 95.8 Å². The van der Waals surface area contributed by atoms with Crippen LogP contribution in [-0.2, 0) is 9.59 Å². The number of carboxylic acids is 1. The lowest BCUT2D eigenvalue weighted by atomic mass is 9.89. The molecule has 0 heterocycles. The average Bonchev–Trinajstić information content (AvgIpc) is 3.20. The van der Waals surface area contributed by atoms with Crippen molar-refractivity contribution in [3.63, 3.8) is 0 Å². The van der Waals surface area contributed by atoms with Gasteiger partial charge in [-0.15, -0.1) is 0 Å². The lowest BCUT2D eigenvalue weighted by Crippen LogP contribution is -2.35. The minimum absolute atomic E-state index is 0.000482. The molecule has 222 valence electrons.